The second kappa shape index (κ2) is 18.7. The maximum atomic E-state index is 14.4. The smallest absolute Gasteiger partial charge is 0.315 e. The van der Waals surface area contributed by atoms with Crippen LogP contribution >= 0.6 is 0 Å². The van der Waals surface area contributed by atoms with Gasteiger partial charge in [0.05, 0.1) is 22.1 Å². The highest BCUT2D eigenvalue weighted by molar-refractivity contribution is 7.92. The highest BCUT2D eigenvalue weighted by Gasteiger charge is 2.47. The molecule has 2 aliphatic heterocycles. The molecule has 13 heteroatoms. The summed E-state index contributed by atoms with van der Waals surface area (Å²) in [5, 5.41) is 11.5. The molecule has 286 valence electrons. The Kier molecular flexibility index (Phi) is 15.6. The summed E-state index contributed by atoms with van der Waals surface area (Å²) in [7, 11) is -3.55. The Morgan fingerprint density at radius 2 is 1.48 bits per heavy atom. The summed E-state index contributed by atoms with van der Waals surface area (Å²) in [5.41, 5.74) is -0.931. The maximum absolute atomic E-state index is 14.4. The molecule has 3 rings (SSSR count). The Labute approximate surface area is 300 Å². The van der Waals surface area contributed by atoms with Crippen LogP contribution in [0.4, 0.5) is 4.79 Å². The van der Waals surface area contributed by atoms with Gasteiger partial charge in [-0.1, -0.05) is 85.0 Å². The van der Waals surface area contributed by atoms with Crippen molar-refractivity contribution in [2.45, 2.75) is 173 Å². The molecule has 0 spiro atoms. The van der Waals surface area contributed by atoms with E-state index in [4.69, 9.17) is 0 Å². The van der Waals surface area contributed by atoms with Gasteiger partial charge in [0, 0.05) is 13.1 Å². The average molecular weight is 724 g/mol. The summed E-state index contributed by atoms with van der Waals surface area (Å²) in [6.07, 6.45) is 11.7. The number of fused-ring (bicyclic) bond motifs is 1. The lowest BCUT2D eigenvalue weighted by Crippen LogP contribution is -2.62. The van der Waals surface area contributed by atoms with Gasteiger partial charge in [0.25, 0.3) is 5.91 Å². The summed E-state index contributed by atoms with van der Waals surface area (Å²) < 4.78 is 25.7. The summed E-state index contributed by atoms with van der Waals surface area (Å²) in [4.78, 5) is 69.8. The van der Waals surface area contributed by atoms with Crippen molar-refractivity contribution in [2.75, 3.05) is 18.8 Å². The Hall–Kier alpha value is -2.70. The Bertz CT molecular complexity index is 1290. The quantitative estimate of drug-likeness (QED) is 0.253. The van der Waals surface area contributed by atoms with Gasteiger partial charge in [-0.25, -0.2) is 13.2 Å². The number of nitrogens with one attached hydrogen (secondary N) is 4. The molecule has 5 amide bonds. The van der Waals surface area contributed by atoms with Crippen LogP contribution in [0.15, 0.2) is 0 Å². The molecule has 2 heterocycles. The van der Waals surface area contributed by atoms with Crippen LogP contribution in [0.2, 0.25) is 0 Å². The summed E-state index contributed by atoms with van der Waals surface area (Å²) >= 11 is 0. The lowest BCUT2D eigenvalue weighted by Gasteiger charge is -2.40. The lowest BCUT2D eigenvalue weighted by atomic mass is 9.83. The van der Waals surface area contributed by atoms with E-state index in [0.717, 1.165) is 51.4 Å². The van der Waals surface area contributed by atoms with Crippen molar-refractivity contribution in [3.8, 4) is 0 Å². The van der Waals surface area contributed by atoms with Gasteiger partial charge in [0.1, 0.15) is 12.1 Å². The van der Waals surface area contributed by atoms with Crippen LogP contribution in [-0.4, -0.2) is 90.1 Å². The number of carbonyl (C=O) groups excluding carboxylic acids is 5. The van der Waals surface area contributed by atoms with Gasteiger partial charge >= 0.3 is 6.03 Å². The van der Waals surface area contributed by atoms with E-state index in [2.05, 4.69) is 21.3 Å². The number of nitrogens with zero attached hydrogens (tertiary/aromatic N) is 1. The molecule has 3 aliphatic rings. The summed E-state index contributed by atoms with van der Waals surface area (Å²) in [6, 6.07) is -3.35. The number of Topliss-reactive ketones (excluding diaryl/α,β-unsaturated/α-hetero) is 1. The van der Waals surface area contributed by atoms with Gasteiger partial charge in [0.15, 0.2) is 9.84 Å². The van der Waals surface area contributed by atoms with Gasteiger partial charge in [0.2, 0.25) is 17.6 Å². The number of hydrogen-bond donors (Lipinski definition) is 4. The third-order valence-electron chi connectivity index (χ3n) is 10.9. The lowest BCUT2D eigenvalue weighted by molar-refractivity contribution is -0.143. The number of sulfone groups is 1. The van der Waals surface area contributed by atoms with Crippen molar-refractivity contribution >= 4 is 39.4 Å². The highest BCUT2D eigenvalue weighted by atomic mass is 32.2. The van der Waals surface area contributed by atoms with Crippen molar-refractivity contribution in [2.24, 2.45) is 11.8 Å². The fraction of sp³-hybridized carbons (Fsp3) is 0.865. The van der Waals surface area contributed by atoms with E-state index in [0.29, 0.717) is 64.5 Å². The SMILES string of the molecule is CCCNC(=O)C(=O)[C@@H]1CCCCCCCCC[C@H](NC(=O)NC2(CS(=O)(=O)C(C)(C)C)CCCCC2)C(=O)N2CCC(C(C)C)[C@H]2C(=O)N1. The van der Waals surface area contributed by atoms with Crippen molar-refractivity contribution in [3.05, 3.63) is 0 Å². The Morgan fingerprint density at radius 1 is 0.900 bits per heavy atom. The molecule has 4 atom stereocenters. The maximum Gasteiger partial charge on any atom is 0.315 e. The molecule has 1 saturated carbocycles. The van der Waals surface area contributed by atoms with Crippen molar-refractivity contribution in [3.63, 3.8) is 0 Å². The molecular weight excluding hydrogens is 659 g/mol. The summed E-state index contributed by atoms with van der Waals surface area (Å²) in [5.74, 6) is -2.50. The topological polar surface area (TPSA) is 171 Å². The fourth-order valence-electron chi connectivity index (χ4n) is 7.69. The second-order valence-corrected chi connectivity index (χ2v) is 19.0. The number of amides is 5. The van der Waals surface area contributed by atoms with Gasteiger partial charge in [-0.05, 0) is 71.1 Å². The first kappa shape index (κ1) is 41.7. The molecule has 12 nitrogen and oxygen atoms in total. The third kappa shape index (κ3) is 11.4. The molecule has 1 unspecified atom stereocenters. The van der Waals surface area contributed by atoms with E-state index in [1.807, 2.05) is 20.8 Å². The zero-order valence-electron chi connectivity index (χ0n) is 31.5. The first-order valence-corrected chi connectivity index (χ1v) is 20.9. The van der Waals surface area contributed by atoms with E-state index in [1.54, 1.807) is 25.7 Å². The summed E-state index contributed by atoms with van der Waals surface area (Å²) in [6.45, 7) is 11.6. The molecule has 3 fully saturated rings. The second-order valence-electron chi connectivity index (χ2n) is 16.3. The molecule has 4 N–H and O–H groups in total. The number of rotatable bonds is 9. The molecular formula is C37H65N5O7S. The largest absolute Gasteiger partial charge is 0.349 e. The first-order chi connectivity index (χ1) is 23.5. The van der Waals surface area contributed by atoms with Gasteiger partial charge < -0.3 is 26.2 Å². The molecule has 0 aromatic carbocycles. The van der Waals surface area contributed by atoms with Crippen LogP contribution in [0.3, 0.4) is 0 Å². The van der Waals surface area contributed by atoms with Crippen LogP contribution < -0.4 is 21.3 Å². The monoisotopic (exact) mass is 723 g/mol. The standard InChI is InChI=1S/C37H65N5O7S/c1-7-23-38-33(45)31(43)28-18-14-11-9-8-10-12-15-19-29(34(46)42-24-20-27(26(2)3)30(42)32(44)39-28)40-35(47)41-37(21-16-13-17-22-37)25-50(48,49)36(4,5)6/h26-30H,7-25H2,1-6H3,(H,38,45)(H,39,44)(H2,40,41,47)/t27?,28-,29-,30-/m0/s1. The van der Waals surface area contributed by atoms with Gasteiger partial charge in [-0.3, -0.25) is 19.2 Å². The van der Waals surface area contributed by atoms with Crippen molar-refractivity contribution < 1.29 is 32.4 Å². The predicted molar refractivity (Wildman–Crippen MR) is 195 cm³/mol. The Morgan fingerprint density at radius 3 is 2.06 bits per heavy atom. The van der Waals surface area contributed by atoms with Crippen molar-refractivity contribution in [1.29, 1.82) is 0 Å². The average Bonchev–Trinajstić information content (AvgIpc) is 3.49. The van der Waals surface area contributed by atoms with E-state index < -0.39 is 61.9 Å². The van der Waals surface area contributed by atoms with Crippen LogP contribution in [0, 0.1) is 11.8 Å². The fourth-order valence-corrected chi connectivity index (χ4v) is 9.22. The molecule has 0 bridgehead atoms. The predicted octanol–water partition coefficient (Wildman–Crippen LogP) is 4.55. The van der Waals surface area contributed by atoms with Crippen LogP contribution in [0.1, 0.15) is 144 Å². The molecule has 0 aromatic rings. The minimum absolute atomic E-state index is 0.0572. The van der Waals surface area contributed by atoms with Crippen LogP contribution in [-0.2, 0) is 29.0 Å². The minimum atomic E-state index is -3.55. The van der Waals surface area contributed by atoms with E-state index >= 15 is 0 Å². The third-order valence-corrected chi connectivity index (χ3v) is 13.7. The van der Waals surface area contributed by atoms with E-state index in [1.165, 1.54) is 0 Å². The molecule has 50 heavy (non-hydrogen) atoms. The van der Waals surface area contributed by atoms with Crippen LogP contribution in [0.25, 0.3) is 0 Å². The normalized spacial score (nSPS) is 26.1. The molecule has 0 aromatic heterocycles. The van der Waals surface area contributed by atoms with E-state index in [-0.39, 0.29) is 23.5 Å². The number of urea groups is 1. The van der Waals surface area contributed by atoms with Gasteiger partial charge in [-0.15, -0.1) is 0 Å². The molecule has 2 saturated heterocycles. The molecule has 0 radical (unpaired) electrons. The van der Waals surface area contributed by atoms with Crippen LogP contribution in [0.5, 0.6) is 0 Å². The number of carbonyl (C=O) groups is 5. The first-order valence-electron chi connectivity index (χ1n) is 19.3. The zero-order chi connectivity index (χ0) is 37.1. The Balaban J connectivity index is 1.89. The minimum Gasteiger partial charge on any atom is -0.349 e. The molecule has 1 aliphatic carbocycles. The van der Waals surface area contributed by atoms with Crippen molar-refractivity contribution in [1.82, 2.24) is 26.2 Å². The number of ketones is 1. The van der Waals surface area contributed by atoms with Gasteiger partial charge in [-0.2, -0.15) is 0 Å². The van der Waals surface area contributed by atoms with E-state index in [9.17, 15) is 32.4 Å². The highest BCUT2D eigenvalue weighted by Crippen LogP contribution is 2.34. The number of hydrogen-bond acceptors (Lipinski definition) is 7. The zero-order valence-corrected chi connectivity index (χ0v) is 32.4.